The molecule has 2 aromatic rings. The van der Waals surface area contributed by atoms with Crippen molar-refractivity contribution in [3.8, 4) is 11.6 Å². The lowest BCUT2D eigenvalue weighted by molar-refractivity contribution is 0.435. The maximum atomic E-state index is 11.8. The van der Waals surface area contributed by atoms with Crippen molar-refractivity contribution in [1.29, 1.82) is 0 Å². The van der Waals surface area contributed by atoms with Gasteiger partial charge in [-0.05, 0) is 32.9 Å². The lowest BCUT2D eigenvalue weighted by Gasteiger charge is -2.06. The molecule has 0 fully saturated rings. The number of aromatic nitrogens is 2. The van der Waals surface area contributed by atoms with E-state index < -0.39 is 11.4 Å². The molecule has 0 N–H and O–H groups in total. The Morgan fingerprint density at radius 1 is 1.11 bits per heavy atom. The van der Waals surface area contributed by atoms with E-state index in [2.05, 4.69) is 5.10 Å². The standard InChI is InChI=1S/C13H16N2O3S/c1-9-5-7-12(8-6-9)17-19(16)18-13-10(2)11(3)14-15(13)4/h5-8H,1-4H3. The summed E-state index contributed by atoms with van der Waals surface area (Å²) in [5, 5.41) is 4.18. The van der Waals surface area contributed by atoms with Crippen molar-refractivity contribution in [2.45, 2.75) is 20.8 Å². The summed E-state index contributed by atoms with van der Waals surface area (Å²) < 4.78 is 23.8. The van der Waals surface area contributed by atoms with E-state index in [4.69, 9.17) is 8.37 Å². The van der Waals surface area contributed by atoms with Crippen LogP contribution in [-0.2, 0) is 18.4 Å². The van der Waals surface area contributed by atoms with Crippen molar-refractivity contribution in [2.75, 3.05) is 0 Å². The largest absolute Gasteiger partial charge is 0.419 e. The van der Waals surface area contributed by atoms with Gasteiger partial charge in [-0.25, -0.2) is 4.68 Å². The third-order valence-electron chi connectivity index (χ3n) is 2.79. The van der Waals surface area contributed by atoms with Crippen LogP contribution in [0.3, 0.4) is 0 Å². The molecular weight excluding hydrogens is 264 g/mol. The minimum absolute atomic E-state index is 0.447. The fraction of sp³-hybridized carbons (Fsp3) is 0.308. The third-order valence-corrected chi connectivity index (χ3v) is 3.41. The molecule has 0 saturated heterocycles. The van der Waals surface area contributed by atoms with Gasteiger partial charge in [-0.3, -0.25) is 0 Å². The van der Waals surface area contributed by atoms with Gasteiger partial charge in [0, 0.05) is 12.6 Å². The first kappa shape index (κ1) is 13.6. The molecule has 1 unspecified atom stereocenters. The molecule has 102 valence electrons. The van der Waals surface area contributed by atoms with Crippen molar-refractivity contribution >= 4 is 11.4 Å². The topological polar surface area (TPSA) is 53.4 Å². The summed E-state index contributed by atoms with van der Waals surface area (Å²) in [6.45, 7) is 5.70. The zero-order valence-electron chi connectivity index (χ0n) is 11.3. The SMILES string of the molecule is Cc1ccc(OS(=O)Oc2c(C)c(C)nn2C)cc1. The predicted octanol–water partition coefficient (Wildman–Crippen LogP) is 2.38. The van der Waals surface area contributed by atoms with Crippen LogP contribution in [0.15, 0.2) is 24.3 Å². The van der Waals surface area contributed by atoms with Crippen LogP contribution in [0.1, 0.15) is 16.8 Å². The minimum Gasteiger partial charge on any atom is -0.371 e. The van der Waals surface area contributed by atoms with E-state index in [1.54, 1.807) is 23.9 Å². The summed E-state index contributed by atoms with van der Waals surface area (Å²) in [5.74, 6) is 0.948. The molecule has 1 heterocycles. The van der Waals surface area contributed by atoms with E-state index in [-0.39, 0.29) is 0 Å². The monoisotopic (exact) mass is 280 g/mol. The van der Waals surface area contributed by atoms with Gasteiger partial charge in [0.15, 0.2) is 0 Å². The molecule has 6 heteroatoms. The smallest absolute Gasteiger partial charge is 0.371 e. The van der Waals surface area contributed by atoms with E-state index in [1.807, 2.05) is 32.9 Å². The highest BCUT2D eigenvalue weighted by molar-refractivity contribution is 7.75. The fourth-order valence-corrected chi connectivity index (χ4v) is 2.28. The summed E-state index contributed by atoms with van der Waals surface area (Å²) in [4.78, 5) is 0. The molecule has 0 spiro atoms. The summed E-state index contributed by atoms with van der Waals surface area (Å²) in [6, 6.07) is 7.26. The Hall–Kier alpha value is -1.82. The van der Waals surface area contributed by atoms with Crippen LogP contribution in [0.4, 0.5) is 0 Å². The van der Waals surface area contributed by atoms with Gasteiger partial charge in [-0.15, -0.1) is 0 Å². The number of benzene rings is 1. The van der Waals surface area contributed by atoms with Gasteiger partial charge in [-0.1, -0.05) is 17.7 Å². The Labute approximate surface area is 115 Å². The van der Waals surface area contributed by atoms with Gasteiger partial charge in [-0.2, -0.15) is 9.31 Å². The second-order valence-electron chi connectivity index (χ2n) is 4.32. The quantitative estimate of drug-likeness (QED) is 0.863. The van der Waals surface area contributed by atoms with Crippen molar-refractivity contribution in [2.24, 2.45) is 7.05 Å². The van der Waals surface area contributed by atoms with E-state index in [1.165, 1.54) is 0 Å². The van der Waals surface area contributed by atoms with Gasteiger partial charge >= 0.3 is 11.4 Å². The number of rotatable bonds is 4. The highest BCUT2D eigenvalue weighted by atomic mass is 32.2. The van der Waals surface area contributed by atoms with E-state index in [0.29, 0.717) is 11.6 Å². The van der Waals surface area contributed by atoms with Gasteiger partial charge in [0.1, 0.15) is 5.75 Å². The second kappa shape index (κ2) is 5.44. The normalized spacial score (nSPS) is 12.2. The molecule has 0 amide bonds. The average Bonchev–Trinajstić information content (AvgIpc) is 2.59. The van der Waals surface area contributed by atoms with Gasteiger partial charge in [0.2, 0.25) is 5.88 Å². The van der Waals surface area contributed by atoms with E-state index >= 15 is 0 Å². The molecule has 19 heavy (non-hydrogen) atoms. The molecule has 1 atom stereocenters. The number of hydrogen-bond acceptors (Lipinski definition) is 4. The Kier molecular flexibility index (Phi) is 3.90. The molecule has 2 rings (SSSR count). The highest BCUT2D eigenvalue weighted by Gasteiger charge is 2.15. The summed E-state index contributed by atoms with van der Waals surface area (Å²) in [5.41, 5.74) is 2.80. The van der Waals surface area contributed by atoms with Crippen LogP contribution in [0.2, 0.25) is 0 Å². The Morgan fingerprint density at radius 3 is 2.26 bits per heavy atom. The summed E-state index contributed by atoms with van der Waals surface area (Å²) in [7, 11) is 1.73. The fourth-order valence-electron chi connectivity index (χ4n) is 1.61. The molecule has 0 aliphatic heterocycles. The highest BCUT2D eigenvalue weighted by Crippen LogP contribution is 2.21. The molecule has 0 aliphatic carbocycles. The molecule has 0 saturated carbocycles. The zero-order valence-corrected chi connectivity index (χ0v) is 12.2. The molecule has 1 aromatic heterocycles. The first-order valence-corrected chi connectivity index (χ1v) is 6.82. The molecule has 1 aromatic carbocycles. The van der Waals surface area contributed by atoms with Gasteiger partial charge in [0.05, 0.1) is 5.69 Å². The summed E-state index contributed by atoms with van der Waals surface area (Å²) >= 11 is -1.90. The van der Waals surface area contributed by atoms with Crippen LogP contribution in [0.25, 0.3) is 0 Å². The lowest BCUT2D eigenvalue weighted by Crippen LogP contribution is -2.11. The molecule has 5 nitrogen and oxygen atoms in total. The Balaban J connectivity index is 2.07. The van der Waals surface area contributed by atoms with Crippen LogP contribution in [-0.4, -0.2) is 14.0 Å². The number of hydrogen-bond donors (Lipinski definition) is 0. The first-order chi connectivity index (χ1) is 8.97. The second-order valence-corrected chi connectivity index (χ2v) is 5.06. The van der Waals surface area contributed by atoms with Crippen molar-refractivity contribution < 1.29 is 12.6 Å². The maximum absolute atomic E-state index is 11.8. The Bertz CT molecular complexity index is 605. The minimum atomic E-state index is -1.90. The van der Waals surface area contributed by atoms with E-state index in [9.17, 15) is 4.21 Å². The number of nitrogens with zero attached hydrogens (tertiary/aromatic N) is 2. The van der Waals surface area contributed by atoms with Crippen molar-refractivity contribution in [3.05, 3.63) is 41.1 Å². The molecule has 0 radical (unpaired) electrons. The number of aryl methyl sites for hydroxylation is 3. The molecule has 0 aliphatic rings. The summed E-state index contributed by atoms with van der Waals surface area (Å²) in [6.07, 6.45) is 0. The van der Waals surface area contributed by atoms with Gasteiger partial charge < -0.3 is 8.37 Å². The van der Waals surface area contributed by atoms with E-state index in [0.717, 1.165) is 16.8 Å². The molecule has 0 bridgehead atoms. The van der Waals surface area contributed by atoms with Crippen LogP contribution < -0.4 is 8.37 Å². The zero-order chi connectivity index (χ0) is 14.0. The third kappa shape index (κ3) is 3.14. The van der Waals surface area contributed by atoms with Gasteiger partial charge in [0.25, 0.3) is 0 Å². The average molecular weight is 280 g/mol. The van der Waals surface area contributed by atoms with Crippen LogP contribution in [0.5, 0.6) is 11.6 Å². The van der Waals surface area contributed by atoms with Crippen molar-refractivity contribution in [3.63, 3.8) is 0 Å². The Morgan fingerprint density at radius 2 is 1.74 bits per heavy atom. The maximum Gasteiger partial charge on any atom is 0.419 e. The first-order valence-electron chi connectivity index (χ1n) is 5.82. The van der Waals surface area contributed by atoms with Crippen LogP contribution >= 0.6 is 0 Å². The lowest BCUT2D eigenvalue weighted by atomic mass is 10.2. The predicted molar refractivity (Wildman–Crippen MR) is 73.3 cm³/mol. The molecular formula is C13H16N2O3S. The van der Waals surface area contributed by atoms with Crippen LogP contribution in [0, 0.1) is 20.8 Å². The van der Waals surface area contributed by atoms with Crippen molar-refractivity contribution in [1.82, 2.24) is 9.78 Å².